The summed E-state index contributed by atoms with van der Waals surface area (Å²) in [5, 5.41) is 8.50. The lowest BCUT2D eigenvalue weighted by molar-refractivity contribution is 0.569. The van der Waals surface area contributed by atoms with Gasteiger partial charge in [-0.25, -0.2) is 0 Å². The second kappa shape index (κ2) is 7.40. The fraction of sp³-hybridized carbons (Fsp3) is 0.500. The zero-order valence-corrected chi connectivity index (χ0v) is 14.0. The Morgan fingerprint density at radius 1 is 1.09 bits per heavy atom. The first-order chi connectivity index (χ1) is 11.2. The largest absolute Gasteiger partial charge is 0.355 e. The van der Waals surface area contributed by atoms with Gasteiger partial charge in [-0.3, -0.25) is 0 Å². The second-order valence-corrected chi connectivity index (χ2v) is 6.37. The highest BCUT2D eigenvalue weighted by Gasteiger charge is 2.18. The standard InChI is InChI=1S/C18H25N5/c1-15(2)23(14-16-9-5-3-6-10-16)18-20-17(13-19-21-18)22-11-7-4-8-12-22/h3,5-6,9-10,13,15H,4,7-8,11-12,14H2,1-2H3. The number of anilines is 2. The molecule has 0 aliphatic carbocycles. The molecule has 0 radical (unpaired) electrons. The molecular weight excluding hydrogens is 286 g/mol. The lowest BCUT2D eigenvalue weighted by atomic mass is 10.1. The Labute approximate surface area is 138 Å². The van der Waals surface area contributed by atoms with E-state index in [0.29, 0.717) is 12.0 Å². The van der Waals surface area contributed by atoms with E-state index < -0.39 is 0 Å². The summed E-state index contributed by atoms with van der Waals surface area (Å²) in [6, 6.07) is 10.8. The Hall–Kier alpha value is -2.17. The third kappa shape index (κ3) is 3.97. The third-order valence-electron chi connectivity index (χ3n) is 4.29. The molecular formula is C18H25N5. The van der Waals surface area contributed by atoms with E-state index in [1.807, 2.05) is 6.07 Å². The topological polar surface area (TPSA) is 45.2 Å². The molecule has 0 atom stereocenters. The van der Waals surface area contributed by atoms with E-state index >= 15 is 0 Å². The summed E-state index contributed by atoms with van der Waals surface area (Å²) in [5.74, 6) is 1.67. The Bertz CT molecular complexity index is 608. The zero-order chi connectivity index (χ0) is 16.1. The van der Waals surface area contributed by atoms with Gasteiger partial charge in [-0.2, -0.15) is 10.1 Å². The molecule has 1 aliphatic heterocycles. The van der Waals surface area contributed by atoms with Crippen molar-refractivity contribution in [3.63, 3.8) is 0 Å². The van der Waals surface area contributed by atoms with Gasteiger partial charge in [0.1, 0.15) is 0 Å². The van der Waals surface area contributed by atoms with Gasteiger partial charge in [0.05, 0.1) is 6.20 Å². The van der Waals surface area contributed by atoms with Gasteiger partial charge in [-0.1, -0.05) is 30.3 Å². The minimum Gasteiger partial charge on any atom is -0.355 e. The van der Waals surface area contributed by atoms with Crippen molar-refractivity contribution in [2.75, 3.05) is 22.9 Å². The normalized spacial score (nSPS) is 15.0. The molecule has 23 heavy (non-hydrogen) atoms. The van der Waals surface area contributed by atoms with Crippen LogP contribution < -0.4 is 9.80 Å². The Morgan fingerprint density at radius 3 is 2.52 bits per heavy atom. The van der Waals surface area contributed by atoms with Crippen molar-refractivity contribution in [2.45, 2.75) is 45.7 Å². The van der Waals surface area contributed by atoms with Crippen molar-refractivity contribution >= 4 is 11.8 Å². The quantitative estimate of drug-likeness (QED) is 0.848. The molecule has 1 saturated heterocycles. The molecule has 0 amide bonds. The van der Waals surface area contributed by atoms with Crippen molar-refractivity contribution in [2.24, 2.45) is 0 Å². The summed E-state index contributed by atoms with van der Waals surface area (Å²) in [7, 11) is 0. The molecule has 1 aliphatic rings. The first kappa shape index (κ1) is 15.7. The van der Waals surface area contributed by atoms with E-state index in [4.69, 9.17) is 4.98 Å². The van der Waals surface area contributed by atoms with Crippen LogP contribution in [0.5, 0.6) is 0 Å². The van der Waals surface area contributed by atoms with Crippen LogP contribution in [0.4, 0.5) is 11.8 Å². The average Bonchev–Trinajstić information content (AvgIpc) is 2.61. The smallest absolute Gasteiger partial charge is 0.247 e. The molecule has 0 N–H and O–H groups in total. The van der Waals surface area contributed by atoms with E-state index in [9.17, 15) is 0 Å². The van der Waals surface area contributed by atoms with Crippen molar-refractivity contribution in [1.82, 2.24) is 15.2 Å². The maximum absolute atomic E-state index is 4.79. The zero-order valence-electron chi connectivity index (χ0n) is 14.0. The number of benzene rings is 1. The van der Waals surface area contributed by atoms with E-state index in [1.165, 1.54) is 24.8 Å². The number of aromatic nitrogens is 3. The van der Waals surface area contributed by atoms with Crippen molar-refractivity contribution < 1.29 is 0 Å². The third-order valence-corrected chi connectivity index (χ3v) is 4.29. The van der Waals surface area contributed by atoms with E-state index in [-0.39, 0.29) is 0 Å². The molecule has 1 aromatic heterocycles. The van der Waals surface area contributed by atoms with Crippen LogP contribution in [-0.2, 0) is 6.54 Å². The number of hydrogen-bond acceptors (Lipinski definition) is 5. The SMILES string of the molecule is CC(C)N(Cc1ccccc1)c1nncc(N2CCCCC2)n1. The van der Waals surface area contributed by atoms with Gasteiger partial charge in [0.2, 0.25) is 5.95 Å². The Morgan fingerprint density at radius 2 is 1.83 bits per heavy atom. The molecule has 0 saturated carbocycles. The maximum atomic E-state index is 4.79. The Kier molecular flexibility index (Phi) is 5.05. The van der Waals surface area contributed by atoms with Crippen LogP contribution in [0, 0.1) is 0 Å². The average molecular weight is 311 g/mol. The lowest BCUT2D eigenvalue weighted by Crippen LogP contribution is -2.34. The molecule has 1 aromatic carbocycles. The summed E-state index contributed by atoms with van der Waals surface area (Å²) >= 11 is 0. The fourth-order valence-corrected chi connectivity index (χ4v) is 2.95. The summed E-state index contributed by atoms with van der Waals surface area (Å²) < 4.78 is 0. The van der Waals surface area contributed by atoms with Crippen LogP contribution in [0.15, 0.2) is 36.5 Å². The number of rotatable bonds is 5. The van der Waals surface area contributed by atoms with E-state index in [1.54, 1.807) is 6.20 Å². The molecule has 2 heterocycles. The predicted molar refractivity (Wildman–Crippen MR) is 93.7 cm³/mol. The molecule has 1 fully saturated rings. The highest BCUT2D eigenvalue weighted by Crippen LogP contribution is 2.20. The van der Waals surface area contributed by atoms with Crippen LogP contribution in [-0.4, -0.2) is 34.3 Å². The van der Waals surface area contributed by atoms with Crippen LogP contribution in [0.3, 0.4) is 0 Å². The second-order valence-electron chi connectivity index (χ2n) is 6.37. The molecule has 5 nitrogen and oxygen atoms in total. The first-order valence-electron chi connectivity index (χ1n) is 8.49. The first-order valence-corrected chi connectivity index (χ1v) is 8.49. The van der Waals surface area contributed by atoms with Gasteiger partial charge < -0.3 is 9.80 Å². The Balaban J connectivity index is 1.82. The highest BCUT2D eigenvalue weighted by molar-refractivity contribution is 5.42. The molecule has 3 rings (SSSR count). The predicted octanol–water partition coefficient (Wildman–Crippen LogP) is 3.28. The van der Waals surface area contributed by atoms with Crippen molar-refractivity contribution in [3.8, 4) is 0 Å². The summed E-state index contributed by atoms with van der Waals surface area (Å²) in [6.45, 7) is 7.26. The van der Waals surface area contributed by atoms with Crippen LogP contribution in [0.2, 0.25) is 0 Å². The molecule has 5 heteroatoms. The maximum Gasteiger partial charge on any atom is 0.247 e. The van der Waals surface area contributed by atoms with Gasteiger partial charge in [-0.05, 0) is 38.7 Å². The molecule has 2 aromatic rings. The van der Waals surface area contributed by atoms with E-state index in [2.05, 4.69) is 58.1 Å². The summed E-state index contributed by atoms with van der Waals surface area (Å²) in [4.78, 5) is 9.32. The lowest BCUT2D eigenvalue weighted by Gasteiger charge is -2.30. The fourth-order valence-electron chi connectivity index (χ4n) is 2.95. The molecule has 122 valence electrons. The monoisotopic (exact) mass is 311 g/mol. The summed E-state index contributed by atoms with van der Waals surface area (Å²) in [5.41, 5.74) is 1.26. The van der Waals surface area contributed by atoms with Gasteiger partial charge in [0.25, 0.3) is 0 Å². The van der Waals surface area contributed by atoms with Crippen molar-refractivity contribution in [1.29, 1.82) is 0 Å². The molecule has 0 spiro atoms. The van der Waals surface area contributed by atoms with Crippen LogP contribution >= 0.6 is 0 Å². The van der Waals surface area contributed by atoms with Gasteiger partial charge >= 0.3 is 0 Å². The minimum absolute atomic E-state index is 0.314. The number of piperidine rings is 1. The van der Waals surface area contributed by atoms with E-state index in [0.717, 1.165) is 25.5 Å². The molecule has 0 bridgehead atoms. The van der Waals surface area contributed by atoms with Crippen LogP contribution in [0.1, 0.15) is 38.7 Å². The number of nitrogens with zero attached hydrogens (tertiary/aromatic N) is 5. The highest BCUT2D eigenvalue weighted by atomic mass is 15.4. The van der Waals surface area contributed by atoms with Crippen LogP contribution in [0.25, 0.3) is 0 Å². The minimum atomic E-state index is 0.314. The summed E-state index contributed by atoms with van der Waals surface area (Å²) in [6.07, 6.45) is 5.57. The van der Waals surface area contributed by atoms with Crippen molar-refractivity contribution in [3.05, 3.63) is 42.1 Å². The molecule has 0 unspecified atom stereocenters. The van der Waals surface area contributed by atoms with Gasteiger partial charge in [-0.15, -0.1) is 5.10 Å². The number of hydrogen-bond donors (Lipinski definition) is 0. The van der Waals surface area contributed by atoms with Gasteiger partial charge in [0.15, 0.2) is 5.82 Å². The van der Waals surface area contributed by atoms with Gasteiger partial charge in [0, 0.05) is 25.7 Å².